The van der Waals surface area contributed by atoms with E-state index in [1.54, 1.807) is 0 Å². The first-order valence-electron chi connectivity index (χ1n) is 13.3. The highest BCUT2D eigenvalue weighted by Crippen LogP contribution is 2.46. The average Bonchev–Trinajstić information content (AvgIpc) is 3.19. The molecular weight excluding hydrogens is 436 g/mol. The molecule has 2 saturated heterocycles. The third-order valence-corrected chi connectivity index (χ3v) is 8.27. The smallest absolute Gasteiger partial charge is 0.225 e. The van der Waals surface area contributed by atoms with Gasteiger partial charge in [0.15, 0.2) is 5.79 Å². The predicted octanol–water partition coefficient (Wildman–Crippen LogP) is 5.20. The Morgan fingerprint density at radius 2 is 1.69 bits per heavy atom. The van der Waals surface area contributed by atoms with E-state index in [1.807, 2.05) is 26.1 Å². The van der Waals surface area contributed by atoms with Gasteiger partial charge in [-0.25, -0.2) is 9.97 Å². The van der Waals surface area contributed by atoms with E-state index >= 15 is 0 Å². The number of hydrogen-bond acceptors (Lipinski definition) is 6. The number of fused-ring (bicyclic) bond motifs is 1. The Balaban J connectivity index is 1.24. The molecule has 1 atom stereocenters. The first-order chi connectivity index (χ1) is 16.5. The molecule has 1 N–H and O–H groups in total. The standard InChI is InChI=1S/C29H42N4O2/c1-27(2)12-13-28(3,4)24-17-20(7-8-23(24)27)25-9-14-30-26(32-25)33-15-10-21(11-16-33)31-18-22-19-34-29(5,6)35-22/h7-9,14,17,21-22,31H,10-13,15-16,18-19H2,1-6H3/t22-/m0/s1. The Morgan fingerprint density at radius 1 is 0.971 bits per heavy atom. The van der Waals surface area contributed by atoms with Gasteiger partial charge in [0, 0.05) is 37.4 Å². The molecule has 0 amide bonds. The molecule has 0 spiro atoms. The van der Waals surface area contributed by atoms with Crippen LogP contribution in [0.5, 0.6) is 0 Å². The first kappa shape index (κ1) is 24.7. The van der Waals surface area contributed by atoms with E-state index in [2.05, 4.69) is 61.1 Å². The molecule has 1 aromatic heterocycles. The van der Waals surface area contributed by atoms with Crippen molar-refractivity contribution in [2.45, 2.75) is 96.0 Å². The Morgan fingerprint density at radius 3 is 2.37 bits per heavy atom. The van der Waals surface area contributed by atoms with Crippen LogP contribution >= 0.6 is 0 Å². The zero-order valence-corrected chi connectivity index (χ0v) is 22.4. The molecule has 0 radical (unpaired) electrons. The van der Waals surface area contributed by atoms with Crippen LogP contribution in [0.2, 0.25) is 0 Å². The molecule has 3 aliphatic rings. The average molecular weight is 479 g/mol. The van der Waals surface area contributed by atoms with Gasteiger partial charge >= 0.3 is 0 Å². The summed E-state index contributed by atoms with van der Waals surface area (Å²) in [6.07, 6.45) is 6.64. The van der Waals surface area contributed by atoms with Gasteiger partial charge in [-0.2, -0.15) is 0 Å². The summed E-state index contributed by atoms with van der Waals surface area (Å²) in [5.74, 6) is 0.384. The lowest BCUT2D eigenvalue weighted by Crippen LogP contribution is -2.45. The van der Waals surface area contributed by atoms with Crippen molar-refractivity contribution in [1.29, 1.82) is 0 Å². The van der Waals surface area contributed by atoms with Crippen molar-refractivity contribution in [1.82, 2.24) is 15.3 Å². The number of hydrogen-bond donors (Lipinski definition) is 1. The summed E-state index contributed by atoms with van der Waals surface area (Å²) in [6.45, 7) is 16.9. The molecule has 2 fully saturated rings. The van der Waals surface area contributed by atoms with Crippen LogP contribution in [0.25, 0.3) is 11.3 Å². The Bertz CT molecular complexity index is 1060. The number of aromatic nitrogens is 2. The van der Waals surface area contributed by atoms with Crippen molar-refractivity contribution in [3.8, 4) is 11.3 Å². The summed E-state index contributed by atoms with van der Waals surface area (Å²) in [4.78, 5) is 12.0. The van der Waals surface area contributed by atoms with Crippen LogP contribution in [-0.2, 0) is 20.3 Å². The van der Waals surface area contributed by atoms with E-state index < -0.39 is 5.79 Å². The van der Waals surface area contributed by atoms with Crippen molar-refractivity contribution < 1.29 is 9.47 Å². The summed E-state index contributed by atoms with van der Waals surface area (Å²) in [6, 6.07) is 9.51. The van der Waals surface area contributed by atoms with Crippen LogP contribution in [0.4, 0.5) is 5.95 Å². The van der Waals surface area contributed by atoms with E-state index in [-0.39, 0.29) is 16.9 Å². The molecule has 6 heteroatoms. The lowest BCUT2D eigenvalue weighted by molar-refractivity contribution is -0.137. The van der Waals surface area contributed by atoms with Crippen molar-refractivity contribution in [2.75, 3.05) is 31.1 Å². The maximum absolute atomic E-state index is 5.93. The molecule has 6 nitrogen and oxygen atoms in total. The van der Waals surface area contributed by atoms with Gasteiger partial charge < -0.3 is 19.7 Å². The molecular formula is C29H42N4O2. The van der Waals surface area contributed by atoms with E-state index in [9.17, 15) is 0 Å². The molecule has 2 aliphatic heterocycles. The number of rotatable bonds is 5. The van der Waals surface area contributed by atoms with Crippen LogP contribution in [0.1, 0.15) is 78.4 Å². The van der Waals surface area contributed by atoms with Crippen molar-refractivity contribution in [2.24, 2.45) is 0 Å². The molecule has 5 rings (SSSR count). The zero-order valence-electron chi connectivity index (χ0n) is 22.4. The summed E-state index contributed by atoms with van der Waals surface area (Å²) < 4.78 is 11.6. The van der Waals surface area contributed by atoms with Crippen LogP contribution in [0, 0.1) is 0 Å². The maximum Gasteiger partial charge on any atom is 0.225 e. The molecule has 1 aromatic carbocycles. The van der Waals surface area contributed by atoms with E-state index in [1.165, 1.54) is 29.5 Å². The van der Waals surface area contributed by atoms with Crippen molar-refractivity contribution in [3.05, 3.63) is 41.6 Å². The Kier molecular flexibility index (Phi) is 6.43. The summed E-state index contributed by atoms with van der Waals surface area (Å²) in [5, 5.41) is 3.68. The summed E-state index contributed by atoms with van der Waals surface area (Å²) in [5.41, 5.74) is 5.58. The quantitative estimate of drug-likeness (QED) is 0.637. The lowest BCUT2D eigenvalue weighted by Gasteiger charge is -2.42. The normalized spacial score (nSPS) is 25.4. The van der Waals surface area contributed by atoms with Gasteiger partial charge in [0.05, 0.1) is 18.4 Å². The van der Waals surface area contributed by atoms with Crippen molar-refractivity contribution in [3.63, 3.8) is 0 Å². The number of benzene rings is 1. The fraction of sp³-hybridized carbons (Fsp3) is 0.655. The number of nitrogens with zero attached hydrogens (tertiary/aromatic N) is 3. The molecule has 35 heavy (non-hydrogen) atoms. The third-order valence-electron chi connectivity index (χ3n) is 8.27. The van der Waals surface area contributed by atoms with E-state index in [4.69, 9.17) is 14.5 Å². The molecule has 3 heterocycles. The Hall–Kier alpha value is -2.02. The SMILES string of the molecule is CC1(C)OC[C@H](CNC2CCN(c3nccc(-c4ccc5c(c4)C(C)(C)CCC5(C)C)n3)CC2)O1. The highest BCUT2D eigenvalue weighted by Gasteiger charge is 2.37. The predicted molar refractivity (Wildman–Crippen MR) is 141 cm³/mol. The van der Waals surface area contributed by atoms with Gasteiger partial charge in [0.2, 0.25) is 5.95 Å². The fourth-order valence-electron chi connectivity index (χ4n) is 5.85. The maximum atomic E-state index is 5.93. The second-order valence-corrected chi connectivity index (χ2v) is 12.4. The first-order valence-corrected chi connectivity index (χ1v) is 13.3. The number of nitrogens with one attached hydrogen (secondary N) is 1. The van der Waals surface area contributed by atoms with Gasteiger partial charge in [-0.15, -0.1) is 0 Å². The van der Waals surface area contributed by atoms with Crippen LogP contribution in [0.3, 0.4) is 0 Å². The molecule has 0 saturated carbocycles. The molecule has 1 aliphatic carbocycles. The molecule has 2 aromatic rings. The highest BCUT2D eigenvalue weighted by atomic mass is 16.7. The second-order valence-electron chi connectivity index (χ2n) is 12.4. The summed E-state index contributed by atoms with van der Waals surface area (Å²) >= 11 is 0. The van der Waals surface area contributed by atoms with Gasteiger partial charge in [-0.3, -0.25) is 0 Å². The largest absolute Gasteiger partial charge is 0.348 e. The molecule has 190 valence electrons. The van der Waals surface area contributed by atoms with E-state index in [0.29, 0.717) is 12.6 Å². The highest BCUT2D eigenvalue weighted by molar-refractivity contribution is 5.64. The molecule has 0 bridgehead atoms. The fourth-order valence-corrected chi connectivity index (χ4v) is 5.85. The lowest BCUT2D eigenvalue weighted by atomic mass is 9.63. The second kappa shape index (κ2) is 9.13. The van der Waals surface area contributed by atoms with E-state index in [0.717, 1.165) is 44.1 Å². The monoisotopic (exact) mass is 478 g/mol. The number of piperidine rings is 1. The van der Waals surface area contributed by atoms with Crippen molar-refractivity contribution >= 4 is 5.95 Å². The Labute approximate surface area is 210 Å². The molecule has 0 unspecified atom stereocenters. The van der Waals surface area contributed by atoms with Gasteiger partial charge in [-0.1, -0.05) is 39.8 Å². The minimum absolute atomic E-state index is 0.134. The van der Waals surface area contributed by atoms with Crippen LogP contribution < -0.4 is 10.2 Å². The summed E-state index contributed by atoms with van der Waals surface area (Å²) in [7, 11) is 0. The van der Waals surface area contributed by atoms with Crippen LogP contribution in [0.15, 0.2) is 30.5 Å². The van der Waals surface area contributed by atoms with Gasteiger partial charge in [0.1, 0.15) is 0 Å². The van der Waals surface area contributed by atoms with Crippen LogP contribution in [-0.4, -0.2) is 54.1 Å². The topological polar surface area (TPSA) is 59.5 Å². The zero-order chi connectivity index (χ0) is 24.8. The van der Waals surface area contributed by atoms with Gasteiger partial charge in [-0.05, 0) is 73.6 Å². The third kappa shape index (κ3) is 5.25. The number of ether oxygens (including phenoxy) is 2. The number of anilines is 1. The minimum Gasteiger partial charge on any atom is -0.348 e. The minimum atomic E-state index is -0.456. The van der Waals surface area contributed by atoms with Gasteiger partial charge in [0.25, 0.3) is 0 Å².